The van der Waals surface area contributed by atoms with Crippen molar-refractivity contribution >= 4 is 23.6 Å². The van der Waals surface area contributed by atoms with Gasteiger partial charge in [-0.05, 0) is 37.1 Å². The number of benzene rings is 1. The number of carbonyl (C=O) groups excluding carboxylic acids is 1. The van der Waals surface area contributed by atoms with Gasteiger partial charge in [-0.1, -0.05) is 23.7 Å². The average molecular weight is 290 g/mol. The highest BCUT2D eigenvalue weighted by Gasteiger charge is 2.02. The summed E-state index contributed by atoms with van der Waals surface area (Å²) in [5.41, 5.74) is 3.85. The molecule has 0 saturated carbocycles. The van der Waals surface area contributed by atoms with E-state index in [-0.39, 0.29) is 5.91 Å². The smallest absolute Gasteiger partial charge is 0.244 e. The molecule has 2 aromatic rings. The van der Waals surface area contributed by atoms with Crippen molar-refractivity contribution < 1.29 is 4.79 Å². The molecule has 0 atom stereocenters. The predicted octanol–water partition coefficient (Wildman–Crippen LogP) is 3.01. The monoisotopic (exact) mass is 289 g/mol. The number of aromatic nitrogens is 2. The summed E-state index contributed by atoms with van der Waals surface area (Å²) < 4.78 is 0. The van der Waals surface area contributed by atoms with Gasteiger partial charge in [-0.15, -0.1) is 0 Å². The van der Waals surface area contributed by atoms with Crippen LogP contribution in [0.3, 0.4) is 0 Å². The fourth-order valence-electron chi connectivity index (χ4n) is 1.68. The molecular formula is C15H16ClN3O. The van der Waals surface area contributed by atoms with E-state index in [4.69, 9.17) is 11.6 Å². The van der Waals surface area contributed by atoms with E-state index < -0.39 is 0 Å². The molecule has 4 nitrogen and oxygen atoms in total. The molecular weight excluding hydrogens is 274 g/mol. The summed E-state index contributed by atoms with van der Waals surface area (Å²) in [5.74, 6) is -0.151. The molecule has 2 N–H and O–H groups in total. The minimum atomic E-state index is -0.151. The fraction of sp³-hybridized carbons (Fsp3) is 0.200. The van der Waals surface area contributed by atoms with Crippen molar-refractivity contribution in [2.75, 3.05) is 0 Å². The van der Waals surface area contributed by atoms with Gasteiger partial charge in [-0.2, -0.15) is 5.10 Å². The van der Waals surface area contributed by atoms with E-state index in [1.54, 1.807) is 12.3 Å². The Morgan fingerprint density at radius 2 is 2.25 bits per heavy atom. The van der Waals surface area contributed by atoms with Crippen LogP contribution in [0.15, 0.2) is 30.5 Å². The second-order valence-corrected chi connectivity index (χ2v) is 4.99. The fourth-order valence-corrected chi connectivity index (χ4v) is 1.87. The van der Waals surface area contributed by atoms with Gasteiger partial charge >= 0.3 is 0 Å². The number of rotatable bonds is 4. The van der Waals surface area contributed by atoms with Gasteiger partial charge in [0.2, 0.25) is 5.91 Å². The van der Waals surface area contributed by atoms with Gasteiger partial charge in [0, 0.05) is 28.9 Å². The Balaban J connectivity index is 1.92. The first-order chi connectivity index (χ1) is 9.56. The summed E-state index contributed by atoms with van der Waals surface area (Å²) in [6.45, 7) is 4.31. The largest absolute Gasteiger partial charge is 0.348 e. The summed E-state index contributed by atoms with van der Waals surface area (Å²) in [5, 5.41) is 10.2. The normalized spacial score (nSPS) is 10.9. The first kappa shape index (κ1) is 14.3. The minimum absolute atomic E-state index is 0.151. The predicted molar refractivity (Wildman–Crippen MR) is 80.4 cm³/mol. The minimum Gasteiger partial charge on any atom is -0.348 e. The second-order valence-electron chi connectivity index (χ2n) is 4.58. The van der Waals surface area contributed by atoms with Gasteiger partial charge < -0.3 is 5.32 Å². The number of halogens is 1. The van der Waals surface area contributed by atoms with Crippen LogP contribution >= 0.6 is 11.6 Å². The van der Waals surface area contributed by atoms with Crippen LogP contribution in [-0.2, 0) is 11.3 Å². The lowest BCUT2D eigenvalue weighted by atomic mass is 10.1. The highest BCUT2D eigenvalue weighted by Crippen LogP contribution is 2.17. The maximum absolute atomic E-state index is 11.7. The molecule has 0 aliphatic carbocycles. The van der Waals surface area contributed by atoms with Gasteiger partial charge in [-0.3, -0.25) is 9.89 Å². The SMILES string of the molecule is Cc1ccc(/C=C/C(=O)NCc2cn[nH]c2C)cc1Cl. The lowest BCUT2D eigenvalue weighted by molar-refractivity contribution is -0.116. The average Bonchev–Trinajstić information content (AvgIpc) is 2.83. The Labute approximate surface area is 122 Å². The Morgan fingerprint density at radius 1 is 1.45 bits per heavy atom. The lowest BCUT2D eigenvalue weighted by Gasteiger charge is -2.01. The Bertz CT molecular complexity index is 646. The maximum Gasteiger partial charge on any atom is 0.244 e. The molecule has 0 spiro atoms. The molecule has 104 valence electrons. The summed E-state index contributed by atoms with van der Waals surface area (Å²) in [4.78, 5) is 11.7. The molecule has 5 heteroatoms. The van der Waals surface area contributed by atoms with Crippen molar-refractivity contribution in [3.63, 3.8) is 0 Å². The maximum atomic E-state index is 11.7. The standard InChI is InChI=1S/C15H16ClN3O/c1-10-3-4-12(7-14(10)16)5-6-15(20)17-8-13-9-18-19-11(13)2/h3-7,9H,8H2,1-2H3,(H,17,20)(H,18,19)/b6-5+. The lowest BCUT2D eigenvalue weighted by Crippen LogP contribution is -2.20. The topological polar surface area (TPSA) is 57.8 Å². The van der Waals surface area contributed by atoms with Crippen molar-refractivity contribution in [1.29, 1.82) is 0 Å². The van der Waals surface area contributed by atoms with Crippen LogP contribution in [0, 0.1) is 13.8 Å². The van der Waals surface area contributed by atoms with Gasteiger partial charge in [0.15, 0.2) is 0 Å². The number of nitrogens with zero attached hydrogens (tertiary/aromatic N) is 1. The Hall–Kier alpha value is -2.07. The molecule has 0 fully saturated rings. The van der Waals surface area contributed by atoms with Gasteiger partial charge in [-0.25, -0.2) is 0 Å². The third-order valence-corrected chi connectivity index (χ3v) is 3.42. The Kier molecular flexibility index (Phi) is 4.58. The third-order valence-electron chi connectivity index (χ3n) is 3.01. The van der Waals surface area contributed by atoms with Gasteiger partial charge in [0.25, 0.3) is 0 Å². The zero-order chi connectivity index (χ0) is 14.5. The van der Waals surface area contributed by atoms with Crippen LogP contribution in [0.4, 0.5) is 0 Å². The summed E-state index contributed by atoms with van der Waals surface area (Å²) in [6.07, 6.45) is 4.94. The van der Waals surface area contributed by atoms with E-state index >= 15 is 0 Å². The van der Waals surface area contributed by atoms with Crippen molar-refractivity contribution in [2.24, 2.45) is 0 Å². The number of aromatic amines is 1. The second kappa shape index (κ2) is 6.39. The zero-order valence-corrected chi connectivity index (χ0v) is 12.2. The van der Waals surface area contributed by atoms with Crippen LogP contribution in [0.2, 0.25) is 5.02 Å². The summed E-state index contributed by atoms with van der Waals surface area (Å²) in [7, 11) is 0. The third kappa shape index (κ3) is 3.71. The van der Waals surface area contributed by atoms with Crippen molar-refractivity contribution in [2.45, 2.75) is 20.4 Å². The highest BCUT2D eigenvalue weighted by molar-refractivity contribution is 6.31. The number of H-pyrrole nitrogens is 1. The molecule has 1 aromatic carbocycles. The zero-order valence-electron chi connectivity index (χ0n) is 11.4. The number of carbonyl (C=O) groups is 1. The van der Waals surface area contributed by atoms with E-state index in [1.807, 2.05) is 32.0 Å². The molecule has 0 aliphatic heterocycles. The van der Waals surface area contributed by atoms with E-state index in [0.29, 0.717) is 11.6 Å². The summed E-state index contributed by atoms with van der Waals surface area (Å²) in [6, 6.07) is 5.68. The molecule has 0 saturated heterocycles. The molecule has 2 rings (SSSR count). The van der Waals surface area contributed by atoms with Crippen LogP contribution in [-0.4, -0.2) is 16.1 Å². The molecule has 0 bridgehead atoms. The summed E-state index contributed by atoms with van der Waals surface area (Å²) >= 11 is 6.03. The van der Waals surface area contributed by atoms with E-state index in [0.717, 1.165) is 22.4 Å². The van der Waals surface area contributed by atoms with Crippen LogP contribution in [0.5, 0.6) is 0 Å². The van der Waals surface area contributed by atoms with Crippen molar-refractivity contribution in [3.05, 3.63) is 57.9 Å². The molecule has 0 unspecified atom stereocenters. The Morgan fingerprint density at radius 3 is 2.90 bits per heavy atom. The van der Waals surface area contributed by atoms with Crippen molar-refractivity contribution in [3.8, 4) is 0 Å². The first-order valence-electron chi connectivity index (χ1n) is 6.27. The first-order valence-corrected chi connectivity index (χ1v) is 6.65. The molecule has 0 aliphatic rings. The molecule has 1 aromatic heterocycles. The van der Waals surface area contributed by atoms with Gasteiger partial charge in [0.1, 0.15) is 0 Å². The molecule has 1 amide bonds. The molecule has 20 heavy (non-hydrogen) atoms. The van der Waals surface area contributed by atoms with E-state index in [1.165, 1.54) is 6.08 Å². The van der Waals surface area contributed by atoms with E-state index in [9.17, 15) is 4.79 Å². The highest BCUT2D eigenvalue weighted by atomic mass is 35.5. The van der Waals surface area contributed by atoms with E-state index in [2.05, 4.69) is 15.5 Å². The number of hydrogen-bond donors (Lipinski definition) is 2. The number of amides is 1. The number of nitrogens with one attached hydrogen (secondary N) is 2. The molecule has 1 heterocycles. The molecule has 0 radical (unpaired) electrons. The van der Waals surface area contributed by atoms with Crippen LogP contribution < -0.4 is 5.32 Å². The quantitative estimate of drug-likeness (QED) is 0.850. The van der Waals surface area contributed by atoms with Gasteiger partial charge in [0.05, 0.1) is 6.20 Å². The van der Waals surface area contributed by atoms with Crippen LogP contribution in [0.1, 0.15) is 22.4 Å². The number of aryl methyl sites for hydroxylation is 2. The number of hydrogen-bond acceptors (Lipinski definition) is 2. The van der Waals surface area contributed by atoms with Crippen molar-refractivity contribution in [1.82, 2.24) is 15.5 Å². The van der Waals surface area contributed by atoms with Crippen LogP contribution in [0.25, 0.3) is 6.08 Å².